The van der Waals surface area contributed by atoms with Crippen molar-refractivity contribution in [2.24, 2.45) is 0 Å². The highest BCUT2D eigenvalue weighted by Crippen LogP contribution is 2.20. The lowest BCUT2D eigenvalue weighted by Crippen LogP contribution is -2.35. The third kappa shape index (κ3) is 3.24. The third-order valence-electron chi connectivity index (χ3n) is 2.84. The molecule has 1 amide bonds. The monoisotopic (exact) mass is 267 g/mol. The molecule has 1 aromatic heterocycles. The molecule has 1 N–H and O–H groups in total. The van der Waals surface area contributed by atoms with E-state index in [0.29, 0.717) is 19.2 Å². The van der Waals surface area contributed by atoms with Gasteiger partial charge in [-0.25, -0.2) is 4.79 Å². The van der Waals surface area contributed by atoms with Crippen LogP contribution in [0.4, 0.5) is 6.01 Å². The van der Waals surface area contributed by atoms with Crippen molar-refractivity contribution in [2.75, 3.05) is 24.6 Å². The molecule has 19 heavy (non-hydrogen) atoms. The number of nitrogens with one attached hydrogen (secondary N) is 1. The highest BCUT2D eigenvalue weighted by atomic mass is 16.5. The van der Waals surface area contributed by atoms with Gasteiger partial charge < -0.3 is 19.4 Å². The predicted molar refractivity (Wildman–Crippen MR) is 66.9 cm³/mol. The maximum absolute atomic E-state index is 11.5. The van der Waals surface area contributed by atoms with Crippen molar-refractivity contribution in [1.82, 2.24) is 10.3 Å². The fraction of sp³-hybridized carbons (Fsp3) is 0.583. The summed E-state index contributed by atoms with van der Waals surface area (Å²) in [4.78, 5) is 28.4. The topological polar surface area (TPSA) is 84.7 Å². The Labute approximate surface area is 110 Å². The van der Waals surface area contributed by atoms with E-state index in [1.54, 1.807) is 6.92 Å². The molecule has 104 valence electrons. The molecule has 1 aromatic rings. The zero-order valence-electron chi connectivity index (χ0n) is 11.0. The Bertz CT molecular complexity index is 471. The lowest BCUT2D eigenvalue weighted by molar-refractivity contribution is -0.119. The van der Waals surface area contributed by atoms with Gasteiger partial charge in [0.15, 0.2) is 5.69 Å². The number of rotatable bonds is 4. The predicted octanol–water partition coefficient (Wildman–Crippen LogP) is 0.566. The number of esters is 1. The van der Waals surface area contributed by atoms with E-state index < -0.39 is 5.97 Å². The van der Waals surface area contributed by atoms with Crippen LogP contribution in [0.1, 0.15) is 30.8 Å². The number of anilines is 1. The number of aromatic nitrogens is 1. The summed E-state index contributed by atoms with van der Waals surface area (Å²) >= 11 is 0. The van der Waals surface area contributed by atoms with Gasteiger partial charge in [0.25, 0.3) is 6.01 Å². The minimum absolute atomic E-state index is 0.0496. The molecule has 0 radical (unpaired) electrons. The molecule has 0 bridgehead atoms. The van der Waals surface area contributed by atoms with Gasteiger partial charge in [0.05, 0.1) is 6.61 Å². The molecular weight excluding hydrogens is 250 g/mol. The van der Waals surface area contributed by atoms with E-state index in [0.717, 1.165) is 13.0 Å². The Balaban J connectivity index is 1.96. The molecule has 1 saturated heterocycles. The van der Waals surface area contributed by atoms with Crippen molar-refractivity contribution in [1.29, 1.82) is 0 Å². The second-order valence-corrected chi connectivity index (χ2v) is 4.37. The molecule has 0 spiro atoms. The first-order chi connectivity index (χ1) is 9.10. The number of carbonyl (C=O) groups excluding carboxylic acids is 2. The van der Waals surface area contributed by atoms with Crippen LogP contribution >= 0.6 is 0 Å². The molecule has 1 aliphatic rings. The van der Waals surface area contributed by atoms with Crippen LogP contribution in [0.3, 0.4) is 0 Å². The van der Waals surface area contributed by atoms with Crippen molar-refractivity contribution < 1.29 is 18.7 Å². The average Bonchev–Trinajstić information content (AvgIpc) is 2.96. The summed E-state index contributed by atoms with van der Waals surface area (Å²) in [5.74, 6) is -0.540. The number of oxazole rings is 1. The van der Waals surface area contributed by atoms with Crippen LogP contribution in [-0.2, 0) is 9.53 Å². The zero-order chi connectivity index (χ0) is 13.8. The van der Waals surface area contributed by atoms with Crippen molar-refractivity contribution in [2.45, 2.75) is 26.3 Å². The van der Waals surface area contributed by atoms with Crippen molar-refractivity contribution >= 4 is 17.9 Å². The average molecular weight is 267 g/mol. The molecule has 2 rings (SSSR count). The van der Waals surface area contributed by atoms with Crippen LogP contribution in [0.25, 0.3) is 0 Å². The van der Waals surface area contributed by atoms with Crippen LogP contribution in [-0.4, -0.2) is 42.6 Å². The van der Waals surface area contributed by atoms with E-state index >= 15 is 0 Å². The minimum Gasteiger partial charge on any atom is -0.461 e. The molecule has 1 fully saturated rings. The second kappa shape index (κ2) is 5.73. The second-order valence-electron chi connectivity index (χ2n) is 4.37. The lowest BCUT2D eigenvalue weighted by atomic mass is 10.3. The molecule has 2 heterocycles. The van der Waals surface area contributed by atoms with Crippen molar-refractivity contribution in [3.05, 3.63) is 12.0 Å². The maximum Gasteiger partial charge on any atom is 0.360 e. The summed E-state index contributed by atoms with van der Waals surface area (Å²) in [5.41, 5.74) is 0.167. The smallest absolute Gasteiger partial charge is 0.360 e. The van der Waals surface area contributed by atoms with E-state index in [9.17, 15) is 9.59 Å². The Hall–Kier alpha value is -2.05. The molecule has 1 aliphatic heterocycles. The summed E-state index contributed by atoms with van der Waals surface area (Å²) < 4.78 is 10.1. The van der Waals surface area contributed by atoms with E-state index in [1.807, 2.05) is 4.90 Å². The molecule has 0 aliphatic carbocycles. The molecule has 1 atom stereocenters. The maximum atomic E-state index is 11.5. The van der Waals surface area contributed by atoms with E-state index in [1.165, 1.54) is 13.2 Å². The molecule has 7 heteroatoms. The molecule has 0 saturated carbocycles. The first-order valence-electron chi connectivity index (χ1n) is 6.25. The van der Waals surface area contributed by atoms with E-state index in [-0.39, 0.29) is 17.6 Å². The van der Waals surface area contributed by atoms with Gasteiger partial charge in [-0.15, -0.1) is 0 Å². The van der Waals surface area contributed by atoms with Crippen LogP contribution in [0.15, 0.2) is 10.7 Å². The summed E-state index contributed by atoms with van der Waals surface area (Å²) in [6, 6.07) is 0.478. The quantitative estimate of drug-likeness (QED) is 0.803. The number of hydrogen-bond acceptors (Lipinski definition) is 6. The van der Waals surface area contributed by atoms with E-state index in [4.69, 9.17) is 9.15 Å². The van der Waals surface area contributed by atoms with Crippen molar-refractivity contribution in [3.8, 4) is 0 Å². The van der Waals surface area contributed by atoms with Gasteiger partial charge in [-0.2, -0.15) is 4.98 Å². The first-order valence-corrected chi connectivity index (χ1v) is 6.25. The van der Waals surface area contributed by atoms with Gasteiger partial charge in [-0.05, 0) is 13.3 Å². The largest absolute Gasteiger partial charge is 0.461 e. The highest BCUT2D eigenvalue weighted by molar-refractivity contribution is 5.87. The fourth-order valence-electron chi connectivity index (χ4n) is 2.05. The SMILES string of the molecule is CCOC(=O)c1coc(N2CCC(NC(C)=O)C2)n1. The van der Waals surface area contributed by atoms with Crippen LogP contribution < -0.4 is 10.2 Å². The first kappa shape index (κ1) is 13.4. The molecular formula is C12H17N3O4. The number of amides is 1. The normalized spacial score (nSPS) is 18.4. The summed E-state index contributed by atoms with van der Waals surface area (Å²) in [5, 5.41) is 2.85. The summed E-state index contributed by atoms with van der Waals surface area (Å²) in [6.45, 7) is 4.88. The van der Waals surface area contributed by atoms with Crippen LogP contribution in [0.5, 0.6) is 0 Å². The number of carbonyl (C=O) groups is 2. The van der Waals surface area contributed by atoms with Gasteiger partial charge in [-0.3, -0.25) is 4.79 Å². The van der Waals surface area contributed by atoms with Gasteiger partial charge in [0.2, 0.25) is 5.91 Å². The minimum atomic E-state index is -0.491. The Morgan fingerprint density at radius 3 is 3.11 bits per heavy atom. The highest BCUT2D eigenvalue weighted by Gasteiger charge is 2.27. The number of nitrogens with zero attached hydrogens (tertiary/aromatic N) is 2. The number of hydrogen-bond donors (Lipinski definition) is 1. The summed E-state index contributed by atoms with van der Waals surface area (Å²) in [6.07, 6.45) is 2.12. The summed E-state index contributed by atoms with van der Waals surface area (Å²) in [7, 11) is 0. The van der Waals surface area contributed by atoms with Crippen LogP contribution in [0, 0.1) is 0 Å². The zero-order valence-corrected chi connectivity index (χ0v) is 11.0. The van der Waals surface area contributed by atoms with Gasteiger partial charge >= 0.3 is 5.97 Å². The Morgan fingerprint density at radius 2 is 2.42 bits per heavy atom. The molecule has 7 nitrogen and oxygen atoms in total. The third-order valence-corrected chi connectivity index (χ3v) is 2.84. The fourth-order valence-corrected chi connectivity index (χ4v) is 2.05. The number of ether oxygens (including phenoxy) is 1. The molecule has 0 aromatic carbocycles. The van der Waals surface area contributed by atoms with Gasteiger partial charge in [0, 0.05) is 26.1 Å². The van der Waals surface area contributed by atoms with Gasteiger partial charge in [-0.1, -0.05) is 0 Å². The molecule has 1 unspecified atom stereocenters. The standard InChI is InChI=1S/C12H17N3O4/c1-3-18-11(17)10-7-19-12(14-10)15-5-4-9(6-15)13-8(2)16/h7,9H,3-6H2,1-2H3,(H,13,16). The Morgan fingerprint density at radius 1 is 1.63 bits per heavy atom. The lowest BCUT2D eigenvalue weighted by Gasteiger charge is -2.13. The van der Waals surface area contributed by atoms with Crippen molar-refractivity contribution in [3.63, 3.8) is 0 Å². The van der Waals surface area contributed by atoms with Gasteiger partial charge in [0.1, 0.15) is 6.26 Å². The Kier molecular flexibility index (Phi) is 4.03. The van der Waals surface area contributed by atoms with E-state index in [2.05, 4.69) is 10.3 Å². The van der Waals surface area contributed by atoms with Crippen LogP contribution in [0.2, 0.25) is 0 Å².